The molecule has 32 heavy (non-hydrogen) atoms. The quantitative estimate of drug-likeness (QED) is 0.382. The van der Waals surface area contributed by atoms with Gasteiger partial charge in [0, 0.05) is 34.1 Å². The maximum atomic E-state index is 12.8. The van der Waals surface area contributed by atoms with E-state index in [4.69, 9.17) is 14.2 Å². The second-order valence-electron chi connectivity index (χ2n) is 7.15. The Hall–Kier alpha value is -4.04. The molecule has 0 spiro atoms. The Bertz CT molecular complexity index is 1420. The second kappa shape index (κ2) is 8.24. The molecule has 0 unspecified atom stereocenters. The number of benzene rings is 2. The Labute approximate surface area is 187 Å². The van der Waals surface area contributed by atoms with E-state index in [1.54, 1.807) is 37.6 Å². The lowest BCUT2D eigenvalue weighted by molar-refractivity contribution is 0.102. The molecule has 0 atom stereocenters. The van der Waals surface area contributed by atoms with Gasteiger partial charge < -0.3 is 14.6 Å². The van der Waals surface area contributed by atoms with Gasteiger partial charge >= 0.3 is 0 Å². The number of methoxy groups -OCH3 is 1. The Morgan fingerprint density at radius 1 is 1.09 bits per heavy atom. The number of nitrogens with one attached hydrogen (secondary N) is 1. The van der Waals surface area contributed by atoms with Crippen LogP contribution in [0.25, 0.3) is 32.9 Å². The van der Waals surface area contributed by atoms with E-state index in [9.17, 15) is 4.79 Å². The maximum absolute atomic E-state index is 12.8. The SMILES string of the molecule is COc1ccc(-c2nc(-c3noc4ccc(C(=O)Nc5ccnc(C)c5)cc34)cs2)cc1. The van der Waals surface area contributed by atoms with Crippen molar-refractivity contribution in [3.63, 3.8) is 0 Å². The lowest BCUT2D eigenvalue weighted by Gasteiger charge is -2.05. The molecule has 1 amide bonds. The molecule has 5 aromatic rings. The highest BCUT2D eigenvalue weighted by Gasteiger charge is 2.17. The van der Waals surface area contributed by atoms with E-state index in [1.165, 1.54) is 11.3 Å². The molecule has 158 valence electrons. The van der Waals surface area contributed by atoms with Crippen LogP contribution in [-0.4, -0.2) is 28.1 Å². The number of amides is 1. The fourth-order valence-corrected chi connectivity index (χ4v) is 4.15. The van der Waals surface area contributed by atoms with Gasteiger partial charge in [-0.25, -0.2) is 4.98 Å². The summed E-state index contributed by atoms with van der Waals surface area (Å²) in [6.07, 6.45) is 1.66. The third kappa shape index (κ3) is 3.83. The summed E-state index contributed by atoms with van der Waals surface area (Å²) in [5, 5.41) is 10.6. The van der Waals surface area contributed by atoms with Crippen LogP contribution in [0.1, 0.15) is 16.1 Å². The van der Waals surface area contributed by atoms with Crippen molar-refractivity contribution in [2.24, 2.45) is 0 Å². The van der Waals surface area contributed by atoms with Crippen LogP contribution in [0.3, 0.4) is 0 Å². The largest absolute Gasteiger partial charge is 0.497 e. The number of rotatable bonds is 5. The lowest BCUT2D eigenvalue weighted by atomic mass is 10.1. The predicted octanol–water partition coefficient (Wildman–Crippen LogP) is 5.58. The van der Waals surface area contributed by atoms with Crippen LogP contribution in [0.5, 0.6) is 5.75 Å². The average Bonchev–Trinajstić information content (AvgIpc) is 3.46. The molecule has 0 saturated heterocycles. The number of carbonyl (C=O) groups is 1. The number of anilines is 1. The van der Waals surface area contributed by atoms with Crippen molar-refractivity contribution in [2.45, 2.75) is 6.92 Å². The summed E-state index contributed by atoms with van der Waals surface area (Å²) in [6, 6.07) is 16.5. The summed E-state index contributed by atoms with van der Waals surface area (Å²) >= 11 is 1.52. The molecule has 5 rings (SSSR count). The molecule has 0 radical (unpaired) electrons. The van der Waals surface area contributed by atoms with Crippen molar-refractivity contribution < 1.29 is 14.1 Å². The number of ether oxygens (including phenoxy) is 1. The molecule has 1 N–H and O–H groups in total. The van der Waals surface area contributed by atoms with E-state index in [1.807, 2.05) is 42.6 Å². The smallest absolute Gasteiger partial charge is 0.255 e. The van der Waals surface area contributed by atoms with Crippen LogP contribution in [0.2, 0.25) is 0 Å². The number of hydrogen-bond donors (Lipinski definition) is 1. The van der Waals surface area contributed by atoms with Crippen molar-refractivity contribution in [1.82, 2.24) is 15.1 Å². The fourth-order valence-electron chi connectivity index (χ4n) is 3.34. The van der Waals surface area contributed by atoms with E-state index in [-0.39, 0.29) is 5.91 Å². The number of carbonyl (C=O) groups excluding carboxylic acids is 1. The van der Waals surface area contributed by atoms with Crippen LogP contribution < -0.4 is 10.1 Å². The number of aromatic nitrogens is 3. The molecule has 0 saturated carbocycles. The van der Waals surface area contributed by atoms with E-state index >= 15 is 0 Å². The zero-order valence-corrected chi connectivity index (χ0v) is 18.1. The van der Waals surface area contributed by atoms with Crippen molar-refractivity contribution in [2.75, 3.05) is 12.4 Å². The van der Waals surface area contributed by atoms with Gasteiger partial charge in [0.2, 0.25) is 0 Å². The van der Waals surface area contributed by atoms with Gasteiger partial charge in [-0.1, -0.05) is 5.16 Å². The van der Waals surface area contributed by atoms with E-state index in [0.29, 0.717) is 28.2 Å². The Kier molecular flexibility index (Phi) is 5.12. The summed E-state index contributed by atoms with van der Waals surface area (Å²) in [7, 11) is 1.64. The average molecular weight is 443 g/mol. The summed E-state index contributed by atoms with van der Waals surface area (Å²) in [5.41, 5.74) is 4.90. The van der Waals surface area contributed by atoms with Crippen molar-refractivity contribution in [1.29, 1.82) is 0 Å². The van der Waals surface area contributed by atoms with Gasteiger partial charge in [0.15, 0.2) is 5.58 Å². The summed E-state index contributed by atoms with van der Waals surface area (Å²) in [6.45, 7) is 1.87. The molecule has 3 heterocycles. The molecule has 8 heteroatoms. The summed E-state index contributed by atoms with van der Waals surface area (Å²) in [4.78, 5) is 21.6. The van der Waals surface area contributed by atoms with Gasteiger partial charge in [-0.15, -0.1) is 11.3 Å². The molecule has 0 aliphatic rings. The third-order valence-corrected chi connectivity index (χ3v) is 5.86. The van der Waals surface area contributed by atoms with Crippen LogP contribution in [0, 0.1) is 6.92 Å². The van der Waals surface area contributed by atoms with Crippen molar-refractivity contribution in [3.05, 3.63) is 77.4 Å². The second-order valence-corrected chi connectivity index (χ2v) is 8.01. The highest BCUT2D eigenvalue weighted by molar-refractivity contribution is 7.13. The van der Waals surface area contributed by atoms with Gasteiger partial charge in [0.05, 0.1) is 12.5 Å². The number of thiazole rings is 1. The van der Waals surface area contributed by atoms with Crippen LogP contribution >= 0.6 is 11.3 Å². The highest BCUT2D eigenvalue weighted by atomic mass is 32.1. The normalized spacial score (nSPS) is 10.9. The van der Waals surface area contributed by atoms with Crippen LogP contribution in [-0.2, 0) is 0 Å². The van der Waals surface area contributed by atoms with Crippen LogP contribution in [0.4, 0.5) is 5.69 Å². The van der Waals surface area contributed by atoms with E-state index in [2.05, 4.69) is 15.5 Å². The number of hydrogen-bond acceptors (Lipinski definition) is 7. The predicted molar refractivity (Wildman–Crippen MR) is 124 cm³/mol. The van der Waals surface area contributed by atoms with Crippen molar-refractivity contribution >= 4 is 33.9 Å². The maximum Gasteiger partial charge on any atom is 0.255 e. The first kappa shape index (κ1) is 19.9. The monoisotopic (exact) mass is 442 g/mol. The van der Waals surface area contributed by atoms with E-state index < -0.39 is 0 Å². The van der Waals surface area contributed by atoms with Gasteiger partial charge in [-0.3, -0.25) is 9.78 Å². The number of pyridine rings is 1. The zero-order valence-electron chi connectivity index (χ0n) is 17.3. The first-order valence-electron chi connectivity index (χ1n) is 9.84. The molecule has 0 aliphatic carbocycles. The fraction of sp³-hybridized carbons (Fsp3) is 0.0833. The minimum atomic E-state index is -0.221. The standard InChI is InChI=1S/C24H18N4O3S/c1-14-11-17(9-10-25-14)26-23(29)16-5-8-21-19(12-16)22(28-31-21)20-13-32-24(27-20)15-3-6-18(30-2)7-4-15/h3-13H,1-2H3,(H,25,26,29). The highest BCUT2D eigenvalue weighted by Crippen LogP contribution is 2.33. The molecular formula is C24H18N4O3S. The molecule has 3 aromatic heterocycles. The summed E-state index contributed by atoms with van der Waals surface area (Å²) in [5.74, 6) is 0.572. The molecule has 0 bridgehead atoms. The summed E-state index contributed by atoms with van der Waals surface area (Å²) < 4.78 is 10.7. The van der Waals surface area contributed by atoms with Gasteiger partial charge in [-0.2, -0.15) is 0 Å². The number of nitrogens with zero attached hydrogens (tertiary/aromatic N) is 3. The van der Waals surface area contributed by atoms with Gasteiger partial charge in [0.25, 0.3) is 5.91 Å². The van der Waals surface area contributed by atoms with Crippen LogP contribution in [0.15, 0.2) is 70.7 Å². The molecular weight excluding hydrogens is 424 g/mol. The first-order valence-corrected chi connectivity index (χ1v) is 10.7. The molecule has 0 fully saturated rings. The molecule has 7 nitrogen and oxygen atoms in total. The molecule has 2 aromatic carbocycles. The van der Waals surface area contributed by atoms with Gasteiger partial charge in [-0.05, 0) is 61.5 Å². The Morgan fingerprint density at radius 2 is 1.94 bits per heavy atom. The molecule has 0 aliphatic heterocycles. The lowest BCUT2D eigenvalue weighted by Crippen LogP contribution is -2.11. The Morgan fingerprint density at radius 3 is 2.72 bits per heavy atom. The topological polar surface area (TPSA) is 90.1 Å². The number of fused-ring (bicyclic) bond motifs is 1. The number of aryl methyl sites for hydroxylation is 1. The minimum Gasteiger partial charge on any atom is -0.497 e. The minimum absolute atomic E-state index is 0.221. The third-order valence-electron chi connectivity index (χ3n) is 4.97. The first-order chi connectivity index (χ1) is 15.6. The Balaban J connectivity index is 1.45. The zero-order chi connectivity index (χ0) is 22.1. The van der Waals surface area contributed by atoms with Crippen molar-refractivity contribution in [3.8, 4) is 27.7 Å². The van der Waals surface area contributed by atoms with E-state index in [0.717, 1.165) is 27.4 Å². The van der Waals surface area contributed by atoms with Gasteiger partial charge in [0.1, 0.15) is 22.1 Å².